The smallest absolute Gasteiger partial charge is 0.155 e. The zero-order chi connectivity index (χ0) is 11.1. The molecule has 2 N–H and O–H groups in total. The average Bonchev–Trinajstić information content (AvgIpc) is 2.91. The van der Waals surface area contributed by atoms with Crippen LogP contribution >= 0.6 is 0 Å². The molecule has 2 heterocycles. The molecule has 0 aromatic carbocycles. The second-order valence-corrected chi connectivity index (χ2v) is 4.24. The first-order valence-electron chi connectivity index (χ1n) is 5.42. The molecule has 1 aliphatic carbocycles. The van der Waals surface area contributed by atoms with Crippen molar-refractivity contribution in [3.8, 4) is 0 Å². The van der Waals surface area contributed by atoms with Crippen LogP contribution in [0, 0.1) is 6.92 Å². The van der Waals surface area contributed by atoms with Crippen LogP contribution in [-0.4, -0.2) is 24.5 Å². The van der Waals surface area contributed by atoms with Gasteiger partial charge in [-0.05, 0) is 19.8 Å². The highest BCUT2D eigenvalue weighted by Crippen LogP contribution is 2.36. The molecule has 2 aromatic rings. The van der Waals surface area contributed by atoms with Gasteiger partial charge >= 0.3 is 0 Å². The Morgan fingerprint density at radius 2 is 2.25 bits per heavy atom. The molecule has 0 spiro atoms. The third-order valence-corrected chi connectivity index (χ3v) is 2.81. The molecular formula is C10H14N6. The number of aromatic nitrogens is 5. The van der Waals surface area contributed by atoms with Gasteiger partial charge in [-0.3, -0.25) is 4.68 Å². The van der Waals surface area contributed by atoms with E-state index in [1.807, 2.05) is 6.92 Å². The summed E-state index contributed by atoms with van der Waals surface area (Å²) in [4.78, 5) is 0. The van der Waals surface area contributed by atoms with E-state index in [1.54, 1.807) is 17.1 Å². The van der Waals surface area contributed by atoms with Crippen molar-refractivity contribution >= 4 is 5.69 Å². The Morgan fingerprint density at radius 3 is 2.88 bits per heavy atom. The van der Waals surface area contributed by atoms with Crippen LogP contribution in [0.3, 0.4) is 0 Å². The highest BCUT2D eigenvalue weighted by molar-refractivity contribution is 5.30. The fraction of sp³-hybridized carbons (Fsp3) is 0.500. The maximum Gasteiger partial charge on any atom is 0.155 e. The summed E-state index contributed by atoms with van der Waals surface area (Å²) < 4.78 is 4.00. The SMILES string of the molecule is Cc1nnc(Cn2cc(N)cn2)n1C1CC1. The number of nitrogens with two attached hydrogens (primary N) is 1. The van der Waals surface area contributed by atoms with Gasteiger partial charge in [0.05, 0.1) is 11.9 Å². The molecule has 1 aliphatic rings. The highest BCUT2D eigenvalue weighted by Gasteiger charge is 2.28. The summed E-state index contributed by atoms with van der Waals surface area (Å²) in [6, 6.07) is 0.595. The van der Waals surface area contributed by atoms with Crippen molar-refractivity contribution < 1.29 is 0 Å². The number of hydrogen-bond acceptors (Lipinski definition) is 4. The average molecular weight is 218 g/mol. The largest absolute Gasteiger partial charge is 0.396 e. The molecule has 0 aliphatic heterocycles. The normalized spacial score (nSPS) is 15.6. The van der Waals surface area contributed by atoms with Crippen LogP contribution in [0.2, 0.25) is 0 Å². The molecule has 0 atom stereocenters. The molecule has 0 bridgehead atoms. The van der Waals surface area contributed by atoms with Crippen LogP contribution < -0.4 is 5.73 Å². The standard InChI is InChI=1S/C10H14N6/c1-7-13-14-10(16(7)9-2-3-9)6-15-5-8(11)4-12-15/h4-5,9H,2-3,6,11H2,1H3. The lowest BCUT2D eigenvalue weighted by Gasteiger charge is -2.06. The predicted octanol–water partition coefficient (Wildman–Crippen LogP) is 0.748. The minimum absolute atomic E-state index is 0.595. The van der Waals surface area contributed by atoms with E-state index >= 15 is 0 Å². The van der Waals surface area contributed by atoms with E-state index in [9.17, 15) is 0 Å². The monoisotopic (exact) mass is 218 g/mol. The second-order valence-electron chi connectivity index (χ2n) is 4.24. The molecule has 6 heteroatoms. The van der Waals surface area contributed by atoms with Crippen molar-refractivity contribution in [1.29, 1.82) is 0 Å². The summed E-state index contributed by atoms with van der Waals surface area (Å²) in [5, 5.41) is 12.5. The Hall–Kier alpha value is -1.85. The van der Waals surface area contributed by atoms with E-state index in [-0.39, 0.29) is 0 Å². The second kappa shape index (κ2) is 3.33. The topological polar surface area (TPSA) is 74.6 Å². The maximum absolute atomic E-state index is 5.62. The summed E-state index contributed by atoms with van der Waals surface area (Å²) in [6.07, 6.45) is 5.91. The summed E-state index contributed by atoms with van der Waals surface area (Å²) in [6.45, 7) is 2.63. The zero-order valence-electron chi connectivity index (χ0n) is 9.17. The molecule has 1 fully saturated rings. The Bertz CT molecular complexity index is 507. The molecule has 2 aromatic heterocycles. The maximum atomic E-state index is 5.62. The minimum atomic E-state index is 0.595. The van der Waals surface area contributed by atoms with E-state index in [1.165, 1.54) is 12.8 Å². The molecule has 0 radical (unpaired) electrons. The quantitative estimate of drug-likeness (QED) is 0.824. The lowest BCUT2D eigenvalue weighted by atomic mass is 10.5. The molecule has 1 saturated carbocycles. The van der Waals surface area contributed by atoms with Crippen LogP contribution in [0.15, 0.2) is 12.4 Å². The first kappa shape index (κ1) is 9.38. The van der Waals surface area contributed by atoms with Crippen LogP contribution in [0.25, 0.3) is 0 Å². The van der Waals surface area contributed by atoms with E-state index in [0.29, 0.717) is 18.3 Å². The number of aryl methyl sites for hydroxylation is 1. The number of nitrogens with zero attached hydrogens (tertiary/aromatic N) is 5. The summed E-state index contributed by atoms with van der Waals surface area (Å²) in [5.74, 6) is 1.95. The van der Waals surface area contributed by atoms with E-state index in [0.717, 1.165) is 11.6 Å². The van der Waals surface area contributed by atoms with Gasteiger partial charge in [-0.2, -0.15) is 5.10 Å². The van der Waals surface area contributed by atoms with Gasteiger partial charge in [0.15, 0.2) is 5.82 Å². The van der Waals surface area contributed by atoms with Crippen molar-refractivity contribution in [3.63, 3.8) is 0 Å². The van der Waals surface area contributed by atoms with Gasteiger partial charge in [0.25, 0.3) is 0 Å². The number of anilines is 1. The Labute approximate surface area is 93.1 Å². The third-order valence-electron chi connectivity index (χ3n) is 2.81. The highest BCUT2D eigenvalue weighted by atomic mass is 15.3. The van der Waals surface area contributed by atoms with Gasteiger partial charge in [-0.1, -0.05) is 0 Å². The van der Waals surface area contributed by atoms with Gasteiger partial charge in [-0.15, -0.1) is 10.2 Å². The molecule has 16 heavy (non-hydrogen) atoms. The van der Waals surface area contributed by atoms with Crippen molar-refractivity contribution in [2.75, 3.05) is 5.73 Å². The summed E-state index contributed by atoms with van der Waals surface area (Å²) >= 11 is 0. The lowest BCUT2D eigenvalue weighted by molar-refractivity contribution is 0.593. The Kier molecular flexibility index (Phi) is 1.95. The van der Waals surface area contributed by atoms with Crippen molar-refractivity contribution in [3.05, 3.63) is 24.0 Å². The Balaban J connectivity index is 1.89. The summed E-state index contributed by atoms with van der Waals surface area (Å²) in [7, 11) is 0. The van der Waals surface area contributed by atoms with Gasteiger partial charge in [0, 0.05) is 12.2 Å². The van der Waals surface area contributed by atoms with E-state index in [2.05, 4.69) is 19.9 Å². The zero-order valence-corrected chi connectivity index (χ0v) is 9.17. The first-order chi connectivity index (χ1) is 7.74. The first-order valence-corrected chi connectivity index (χ1v) is 5.42. The van der Waals surface area contributed by atoms with Crippen LogP contribution in [-0.2, 0) is 6.54 Å². The number of rotatable bonds is 3. The van der Waals surface area contributed by atoms with Gasteiger partial charge in [0.1, 0.15) is 12.4 Å². The van der Waals surface area contributed by atoms with Gasteiger partial charge < -0.3 is 10.3 Å². The van der Waals surface area contributed by atoms with Crippen LogP contribution in [0.1, 0.15) is 30.5 Å². The number of hydrogen-bond donors (Lipinski definition) is 1. The lowest BCUT2D eigenvalue weighted by Crippen LogP contribution is -2.09. The molecule has 0 saturated heterocycles. The van der Waals surface area contributed by atoms with Crippen LogP contribution in [0.4, 0.5) is 5.69 Å². The predicted molar refractivity (Wildman–Crippen MR) is 58.8 cm³/mol. The third kappa shape index (κ3) is 1.56. The Morgan fingerprint density at radius 1 is 1.44 bits per heavy atom. The van der Waals surface area contributed by atoms with Crippen LogP contribution in [0.5, 0.6) is 0 Å². The number of nitrogen functional groups attached to an aromatic ring is 1. The van der Waals surface area contributed by atoms with Gasteiger partial charge in [0.2, 0.25) is 0 Å². The fourth-order valence-corrected chi connectivity index (χ4v) is 1.94. The molecular weight excluding hydrogens is 204 g/mol. The molecule has 3 rings (SSSR count). The van der Waals surface area contributed by atoms with E-state index < -0.39 is 0 Å². The van der Waals surface area contributed by atoms with Gasteiger partial charge in [-0.25, -0.2) is 0 Å². The van der Waals surface area contributed by atoms with Crippen molar-refractivity contribution in [2.45, 2.75) is 32.4 Å². The molecule has 6 nitrogen and oxygen atoms in total. The minimum Gasteiger partial charge on any atom is -0.396 e. The molecule has 0 amide bonds. The van der Waals surface area contributed by atoms with Crippen molar-refractivity contribution in [2.24, 2.45) is 0 Å². The fourth-order valence-electron chi connectivity index (χ4n) is 1.94. The summed E-state index contributed by atoms with van der Waals surface area (Å²) in [5.41, 5.74) is 6.30. The molecule has 84 valence electrons. The van der Waals surface area contributed by atoms with E-state index in [4.69, 9.17) is 5.73 Å². The van der Waals surface area contributed by atoms with Crippen molar-refractivity contribution in [1.82, 2.24) is 24.5 Å². The molecule has 0 unspecified atom stereocenters.